The molecule has 1 saturated carbocycles. The first-order valence-electron chi connectivity index (χ1n) is 6.91. The van der Waals surface area contributed by atoms with Gasteiger partial charge in [0.15, 0.2) is 0 Å². The van der Waals surface area contributed by atoms with Crippen molar-refractivity contribution in [2.45, 2.75) is 38.8 Å². The summed E-state index contributed by atoms with van der Waals surface area (Å²) in [6.45, 7) is 4.42. The normalized spacial score (nSPS) is 23.1. The molecule has 1 heterocycles. The zero-order valence-corrected chi connectivity index (χ0v) is 11.3. The van der Waals surface area contributed by atoms with Gasteiger partial charge in [-0.2, -0.15) is 0 Å². The van der Waals surface area contributed by atoms with E-state index in [-0.39, 0.29) is 5.76 Å². The molecule has 0 aliphatic heterocycles. The van der Waals surface area contributed by atoms with Gasteiger partial charge in [-0.15, -0.1) is 0 Å². The second-order valence-corrected chi connectivity index (χ2v) is 5.13. The zero-order chi connectivity index (χ0) is 13.8. The van der Waals surface area contributed by atoms with Crippen molar-refractivity contribution in [3.63, 3.8) is 0 Å². The van der Waals surface area contributed by atoms with Crippen LogP contribution in [0, 0.1) is 5.92 Å². The Labute approximate surface area is 113 Å². The first-order chi connectivity index (χ1) is 9.15. The highest BCUT2D eigenvalue weighted by atomic mass is 16.4. The minimum absolute atomic E-state index is 0.00727. The Morgan fingerprint density at radius 2 is 2.32 bits per heavy atom. The number of rotatable bonds is 6. The molecule has 0 amide bonds. The lowest BCUT2D eigenvalue weighted by Crippen LogP contribution is -2.39. The van der Waals surface area contributed by atoms with Crippen LogP contribution >= 0.6 is 0 Å². The first kappa shape index (κ1) is 14.1. The van der Waals surface area contributed by atoms with E-state index < -0.39 is 5.97 Å². The molecule has 5 nitrogen and oxygen atoms in total. The summed E-state index contributed by atoms with van der Waals surface area (Å²) in [5.41, 5.74) is 5.83. The van der Waals surface area contributed by atoms with Gasteiger partial charge in [-0.25, -0.2) is 4.79 Å². The number of carboxylic acid groups (broad SMARTS) is 1. The van der Waals surface area contributed by atoms with Gasteiger partial charge in [-0.1, -0.05) is 13.3 Å². The van der Waals surface area contributed by atoms with E-state index in [4.69, 9.17) is 15.3 Å². The molecule has 0 spiro atoms. The van der Waals surface area contributed by atoms with E-state index in [9.17, 15) is 4.79 Å². The number of carbonyl (C=O) groups is 1. The summed E-state index contributed by atoms with van der Waals surface area (Å²) in [5.74, 6) is 0.249. The number of hydrogen-bond acceptors (Lipinski definition) is 4. The molecule has 1 fully saturated rings. The van der Waals surface area contributed by atoms with E-state index in [2.05, 4.69) is 11.8 Å². The van der Waals surface area contributed by atoms with Crippen LogP contribution in [-0.2, 0) is 6.54 Å². The van der Waals surface area contributed by atoms with Crippen molar-refractivity contribution in [1.29, 1.82) is 0 Å². The number of furan rings is 1. The highest BCUT2D eigenvalue weighted by Crippen LogP contribution is 2.30. The van der Waals surface area contributed by atoms with Crippen LogP contribution in [0.3, 0.4) is 0 Å². The average molecular weight is 266 g/mol. The van der Waals surface area contributed by atoms with Crippen LogP contribution in [0.5, 0.6) is 0 Å². The quantitative estimate of drug-likeness (QED) is 0.822. The number of carboxylic acids is 1. The van der Waals surface area contributed by atoms with Crippen molar-refractivity contribution >= 4 is 5.97 Å². The van der Waals surface area contributed by atoms with Gasteiger partial charge in [0.05, 0.1) is 6.54 Å². The fraction of sp³-hybridized carbons (Fsp3) is 0.643. The predicted molar refractivity (Wildman–Crippen MR) is 71.9 cm³/mol. The average Bonchev–Trinajstić information content (AvgIpc) is 3.04. The van der Waals surface area contributed by atoms with E-state index in [0.29, 0.717) is 24.3 Å². The van der Waals surface area contributed by atoms with Gasteiger partial charge in [0, 0.05) is 6.04 Å². The van der Waals surface area contributed by atoms with Crippen LogP contribution in [0.1, 0.15) is 42.5 Å². The molecular weight excluding hydrogens is 244 g/mol. The fourth-order valence-electron chi connectivity index (χ4n) is 3.01. The van der Waals surface area contributed by atoms with Gasteiger partial charge in [-0.3, -0.25) is 4.90 Å². The SMILES string of the molecule is CCN(Cc1ccc(C(=O)O)o1)C1CCCC1CN. The monoisotopic (exact) mass is 266 g/mol. The van der Waals surface area contributed by atoms with Gasteiger partial charge in [0.25, 0.3) is 0 Å². The summed E-state index contributed by atoms with van der Waals surface area (Å²) >= 11 is 0. The fourth-order valence-corrected chi connectivity index (χ4v) is 3.01. The van der Waals surface area contributed by atoms with E-state index >= 15 is 0 Å². The van der Waals surface area contributed by atoms with Crippen LogP contribution in [0.2, 0.25) is 0 Å². The molecule has 19 heavy (non-hydrogen) atoms. The molecule has 106 valence electrons. The molecule has 1 aliphatic carbocycles. The topological polar surface area (TPSA) is 79.7 Å². The maximum absolute atomic E-state index is 10.8. The Morgan fingerprint density at radius 3 is 2.89 bits per heavy atom. The number of nitrogens with two attached hydrogens (primary N) is 1. The Kier molecular flexibility index (Phi) is 4.61. The van der Waals surface area contributed by atoms with Crippen molar-refractivity contribution in [3.05, 3.63) is 23.7 Å². The Morgan fingerprint density at radius 1 is 1.53 bits per heavy atom. The third kappa shape index (κ3) is 3.16. The minimum Gasteiger partial charge on any atom is -0.475 e. The van der Waals surface area contributed by atoms with Crippen molar-refractivity contribution in [2.75, 3.05) is 13.1 Å². The van der Waals surface area contributed by atoms with Crippen molar-refractivity contribution < 1.29 is 14.3 Å². The summed E-state index contributed by atoms with van der Waals surface area (Å²) in [7, 11) is 0. The standard InChI is InChI=1S/C14H22N2O3/c1-2-16(12-5-3-4-10(12)8-15)9-11-6-7-13(19-11)14(17)18/h6-7,10,12H,2-5,8-9,15H2,1H3,(H,17,18). The molecule has 0 bridgehead atoms. The molecule has 5 heteroatoms. The lowest BCUT2D eigenvalue weighted by molar-refractivity contribution is 0.0656. The van der Waals surface area contributed by atoms with Crippen LogP contribution < -0.4 is 5.73 Å². The molecule has 2 unspecified atom stereocenters. The van der Waals surface area contributed by atoms with Gasteiger partial charge >= 0.3 is 5.97 Å². The first-order valence-corrected chi connectivity index (χ1v) is 6.91. The van der Waals surface area contributed by atoms with Gasteiger partial charge in [0.2, 0.25) is 5.76 Å². The number of hydrogen-bond donors (Lipinski definition) is 2. The molecule has 3 N–H and O–H groups in total. The molecule has 1 aromatic rings. The van der Waals surface area contributed by atoms with E-state index in [1.54, 1.807) is 6.07 Å². The molecule has 1 aromatic heterocycles. The Balaban J connectivity index is 2.03. The van der Waals surface area contributed by atoms with Crippen molar-refractivity contribution in [3.8, 4) is 0 Å². The van der Waals surface area contributed by atoms with Crippen LogP contribution in [0.15, 0.2) is 16.5 Å². The zero-order valence-electron chi connectivity index (χ0n) is 11.3. The van der Waals surface area contributed by atoms with Gasteiger partial charge in [0.1, 0.15) is 5.76 Å². The number of aromatic carboxylic acids is 1. The summed E-state index contributed by atoms with van der Waals surface area (Å²) in [4.78, 5) is 13.1. The number of nitrogens with zero attached hydrogens (tertiary/aromatic N) is 1. The summed E-state index contributed by atoms with van der Waals surface area (Å²) in [6, 6.07) is 3.76. The molecule has 0 saturated heterocycles. The summed E-state index contributed by atoms with van der Waals surface area (Å²) < 4.78 is 5.33. The molecule has 1 aliphatic rings. The van der Waals surface area contributed by atoms with Crippen LogP contribution in [0.4, 0.5) is 0 Å². The molecular formula is C14H22N2O3. The minimum atomic E-state index is -1.02. The maximum Gasteiger partial charge on any atom is 0.371 e. The third-order valence-corrected chi connectivity index (χ3v) is 4.03. The Hall–Kier alpha value is -1.33. The molecule has 0 aromatic carbocycles. The highest BCUT2D eigenvalue weighted by molar-refractivity contribution is 5.84. The lowest BCUT2D eigenvalue weighted by atomic mass is 10.0. The van der Waals surface area contributed by atoms with Crippen LogP contribution in [0.25, 0.3) is 0 Å². The van der Waals surface area contributed by atoms with E-state index in [1.807, 2.05) is 0 Å². The molecule has 0 radical (unpaired) electrons. The Bertz CT molecular complexity index is 430. The maximum atomic E-state index is 10.8. The van der Waals surface area contributed by atoms with Gasteiger partial charge < -0.3 is 15.3 Å². The van der Waals surface area contributed by atoms with E-state index in [0.717, 1.165) is 13.1 Å². The van der Waals surface area contributed by atoms with Gasteiger partial charge in [-0.05, 0) is 44.0 Å². The molecule has 2 atom stereocenters. The largest absolute Gasteiger partial charge is 0.475 e. The summed E-state index contributed by atoms with van der Waals surface area (Å²) in [6.07, 6.45) is 3.58. The lowest BCUT2D eigenvalue weighted by Gasteiger charge is -2.30. The smallest absolute Gasteiger partial charge is 0.371 e. The van der Waals surface area contributed by atoms with Crippen LogP contribution in [-0.4, -0.2) is 35.1 Å². The third-order valence-electron chi connectivity index (χ3n) is 4.03. The van der Waals surface area contributed by atoms with Crippen molar-refractivity contribution in [1.82, 2.24) is 4.90 Å². The van der Waals surface area contributed by atoms with Crippen molar-refractivity contribution in [2.24, 2.45) is 11.7 Å². The highest BCUT2D eigenvalue weighted by Gasteiger charge is 2.30. The van der Waals surface area contributed by atoms with E-state index in [1.165, 1.54) is 25.3 Å². The second-order valence-electron chi connectivity index (χ2n) is 5.13. The predicted octanol–water partition coefficient (Wildman–Crippen LogP) is 1.93. The second kappa shape index (κ2) is 6.21. The molecule has 2 rings (SSSR count). The summed E-state index contributed by atoms with van der Waals surface area (Å²) in [5, 5.41) is 8.86.